The molecule has 2 aromatic rings. The summed E-state index contributed by atoms with van der Waals surface area (Å²) in [4.78, 5) is 31.8. The first-order valence-electron chi connectivity index (χ1n) is 4.34. The molecule has 0 aromatic carbocycles. The highest BCUT2D eigenvalue weighted by Crippen LogP contribution is 2.22. The minimum Gasteiger partial charge on any atom is -0.333 e. The van der Waals surface area contributed by atoms with Gasteiger partial charge in [0.25, 0.3) is 5.56 Å². The van der Waals surface area contributed by atoms with Crippen molar-refractivity contribution in [3.63, 3.8) is 0 Å². The summed E-state index contributed by atoms with van der Waals surface area (Å²) in [6, 6.07) is 0. The summed E-state index contributed by atoms with van der Waals surface area (Å²) in [7, 11) is 0. The Morgan fingerprint density at radius 3 is 2.87 bits per heavy atom. The van der Waals surface area contributed by atoms with E-state index >= 15 is 0 Å². The van der Waals surface area contributed by atoms with Gasteiger partial charge in [-0.05, 0) is 22.9 Å². The lowest BCUT2D eigenvalue weighted by atomic mass is 10.2. The number of aromatic nitrogens is 3. The van der Waals surface area contributed by atoms with Crippen LogP contribution in [0.15, 0.2) is 9.40 Å². The van der Waals surface area contributed by atoms with Crippen molar-refractivity contribution in [2.24, 2.45) is 0 Å². The van der Waals surface area contributed by atoms with Crippen molar-refractivity contribution in [2.45, 2.75) is 13.3 Å². The zero-order valence-corrected chi connectivity index (χ0v) is 9.51. The number of rotatable bonds is 2. The topological polar surface area (TPSA) is 78.6 Å². The van der Waals surface area contributed by atoms with Gasteiger partial charge >= 0.3 is 0 Å². The van der Waals surface area contributed by atoms with Crippen LogP contribution >= 0.6 is 15.9 Å². The molecular weight excluding hydrogens is 262 g/mol. The molecule has 5 nitrogen and oxygen atoms in total. The normalized spacial score (nSPS) is 10.8. The van der Waals surface area contributed by atoms with Crippen molar-refractivity contribution in [3.8, 4) is 0 Å². The SMILES string of the molecule is Cc1nc2[nH]c(Br)c(CC=O)c2c(=O)[nH]1. The van der Waals surface area contributed by atoms with Gasteiger partial charge in [-0.25, -0.2) is 4.98 Å². The van der Waals surface area contributed by atoms with Crippen LogP contribution in [0, 0.1) is 6.92 Å². The number of aryl methyl sites for hydroxylation is 1. The zero-order chi connectivity index (χ0) is 11.0. The quantitative estimate of drug-likeness (QED) is 0.801. The molecule has 0 aliphatic heterocycles. The predicted molar refractivity (Wildman–Crippen MR) is 58.9 cm³/mol. The lowest BCUT2D eigenvalue weighted by Gasteiger charge is -1.94. The molecule has 0 saturated carbocycles. The number of hydrogen-bond acceptors (Lipinski definition) is 3. The third-order valence-electron chi connectivity index (χ3n) is 2.12. The van der Waals surface area contributed by atoms with Crippen molar-refractivity contribution < 1.29 is 4.79 Å². The number of carbonyl (C=O) groups is 1. The van der Waals surface area contributed by atoms with Gasteiger partial charge in [0, 0.05) is 12.0 Å². The fourth-order valence-corrected chi connectivity index (χ4v) is 2.07. The lowest BCUT2D eigenvalue weighted by Crippen LogP contribution is -2.10. The second kappa shape index (κ2) is 3.62. The van der Waals surface area contributed by atoms with Gasteiger partial charge in [0.1, 0.15) is 17.8 Å². The van der Waals surface area contributed by atoms with Gasteiger partial charge in [-0.1, -0.05) is 0 Å². The summed E-state index contributed by atoms with van der Waals surface area (Å²) in [5.74, 6) is 0.541. The minimum atomic E-state index is -0.226. The van der Waals surface area contributed by atoms with Crippen LogP contribution in [-0.2, 0) is 11.2 Å². The number of hydrogen-bond donors (Lipinski definition) is 2. The van der Waals surface area contributed by atoms with Gasteiger partial charge in [-0.3, -0.25) is 4.79 Å². The van der Waals surface area contributed by atoms with Crippen LogP contribution in [0.2, 0.25) is 0 Å². The Labute approximate surface area is 93.0 Å². The molecular formula is C9H8BrN3O2. The van der Waals surface area contributed by atoms with Crippen LogP contribution in [0.1, 0.15) is 11.4 Å². The summed E-state index contributed by atoms with van der Waals surface area (Å²) in [6.45, 7) is 1.70. The fraction of sp³-hybridized carbons (Fsp3) is 0.222. The van der Waals surface area contributed by atoms with Gasteiger partial charge in [0.05, 0.1) is 9.99 Å². The Morgan fingerprint density at radius 1 is 1.47 bits per heavy atom. The largest absolute Gasteiger partial charge is 0.333 e. The Morgan fingerprint density at radius 2 is 2.20 bits per heavy atom. The molecule has 2 heterocycles. The number of aromatic amines is 2. The van der Waals surface area contributed by atoms with Gasteiger partial charge < -0.3 is 14.8 Å². The maximum atomic E-state index is 11.7. The third-order valence-corrected chi connectivity index (χ3v) is 2.80. The first-order chi connectivity index (χ1) is 7.13. The molecule has 0 saturated heterocycles. The average Bonchev–Trinajstić information content (AvgIpc) is 2.43. The van der Waals surface area contributed by atoms with E-state index in [1.807, 2.05) is 0 Å². The van der Waals surface area contributed by atoms with Gasteiger partial charge in [-0.15, -0.1) is 0 Å². The van der Waals surface area contributed by atoms with E-state index in [4.69, 9.17) is 0 Å². The van der Waals surface area contributed by atoms with Crippen LogP contribution in [0.4, 0.5) is 0 Å². The maximum Gasteiger partial charge on any atom is 0.260 e. The number of aldehydes is 1. The Hall–Kier alpha value is -1.43. The summed E-state index contributed by atoms with van der Waals surface area (Å²) in [5, 5.41) is 0.444. The molecule has 0 bridgehead atoms. The molecule has 0 radical (unpaired) electrons. The molecule has 0 aliphatic carbocycles. The zero-order valence-electron chi connectivity index (χ0n) is 7.93. The second-order valence-electron chi connectivity index (χ2n) is 3.16. The molecule has 78 valence electrons. The smallest absolute Gasteiger partial charge is 0.260 e. The number of nitrogens with one attached hydrogen (secondary N) is 2. The number of halogens is 1. The lowest BCUT2D eigenvalue weighted by molar-refractivity contribution is -0.107. The Bertz CT molecular complexity index is 585. The molecule has 0 spiro atoms. The van der Waals surface area contributed by atoms with Gasteiger partial charge in [0.2, 0.25) is 0 Å². The number of fused-ring (bicyclic) bond motifs is 1. The van der Waals surface area contributed by atoms with Crippen molar-refractivity contribution in [1.82, 2.24) is 15.0 Å². The Kier molecular flexibility index (Phi) is 2.44. The van der Waals surface area contributed by atoms with E-state index < -0.39 is 0 Å². The van der Waals surface area contributed by atoms with Crippen molar-refractivity contribution in [1.29, 1.82) is 0 Å². The first kappa shape index (κ1) is 10.1. The van der Waals surface area contributed by atoms with E-state index in [2.05, 4.69) is 30.9 Å². The van der Waals surface area contributed by atoms with Crippen LogP contribution < -0.4 is 5.56 Å². The molecule has 2 aromatic heterocycles. The molecule has 2 N–H and O–H groups in total. The van der Waals surface area contributed by atoms with Crippen LogP contribution in [0.3, 0.4) is 0 Å². The Balaban J connectivity index is 2.86. The van der Waals surface area contributed by atoms with Crippen LogP contribution in [-0.4, -0.2) is 21.2 Å². The highest BCUT2D eigenvalue weighted by Gasteiger charge is 2.13. The summed E-state index contributed by atoms with van der Waals surface area (Å²) < 4.78 is 0.633. The van der Waals surface area contributed by atoms with E-state index in [1.54, 1.807) is 6.92 Å². The number of carbonyl (C=O) groups excluding carboxylic acids is 1. The number of nitrogens with zero attached hydrogens (tertiary/aromatic N) is 1. The highest BCUT2D eigenvalue weighted by molar-refractivity contribution is 9.10. The monoisotopic (exact) mass is 269 g/mol. The van der Waals surface area contributed by atoms with Crippen molar-refractivity contribution in [3.05, 3.63) is 26.3 Å². The first-order valence-corrected chi connectivity index (χ1v) is 5.13. The molecule has 0 unspecified atom stereocenters. The maximum absolute atomic E-state index is 11.7. The highest BCUT2D eigenvalue weighted by atomic mass is 79.9. The molecule has 15 heavy (non-hydrogen) atoms. The summed E-state index contributed by atoms with van der Waals surface area (Å²) in [5.41, 5.74) is 0.921. The van der Waals surface area contributed by atoms with Crippen molar-refractivity contribution in [2.75, 3.05) is 0 Å². The standard InChI is InChI=1S/C9H8BrN3O2/c1-4-11-8-6(9(15)12-4)5(2-3-14)7(10)13-8/h3H,2H2,1H3,(H2,11,12,13,15). The molecule has 0 fully saturated rings. The van der Waals surface area contributed by atoms with Gasteiger partial charge in [0.15, 0.2) is 0 Å². The van der Waals surface area contributed by atoms with E-state index in [-0.39, 0.29) is 12.0 Å². The van der Waals surface area contributed by atoms with E-state index in [0.717, 1.165) is 6.29 Å². The van der Waals surface area contributed by atoms with Gasteiger partial charge in [-0.2, -0.15) is 0 Å². The van der Waals surface area contributed by atoms with E-state index in [1.165, 1.54) is 0 Å². The van der Waals surface area contributed by atoms with E-state index in [9.17, 15) is 9.59 Å². The fourth-order valence-electron chi connectivity index (χ4n) is 1.52. The minimum absolute atomic E-state index is 0.189. The summed E-state index contributed by atoms with van der Waals surface area (Å²) in [6.07, 6.45) is 0.946. The average molecular weight is 270 g/mol. The molecule has 2 rings (SSSR count). The van der Waals surface area contributed by atoms with Crippen LogP contribution in [0.5, 0.6) is 0 Å². The molecule has 0 aliphatic rings. The van der Waals surface area contributed by atoms with Crippen molar-refractivity contribution >= 4 is 33.2 Å². The molecule has 0 amide bonds. The van der Waals surface area contributed by atoms with E-state index in [0.29, 0.717) is 27.0 Å². The molecule has 0 atom stereocenters. The predicted octanol–water partition coefficient (Wildman–Crippen LogP) is 1.06. The summed E-state index contributed by atoms with van der Waals surface area (Å²) >= 11 is 3.26. The molecule has 6 heteroatoms. The second-order valence-corrected chi connectivity index (χ2v) is 3.96. The van der Waals surface area contributed by atoms with Crippen LogP contribution in [0.25, 0.3) is 11.0 Å². The number of H-pyrrole nitrogens is 2. The third kappa shape index (κ3) is 1.61.